The molecule has 0 amide bonds. The predicted molar refractivity (Wildman–Crippen MR) is 51.9 cm³/mol. The van der Waals surface area contributed by atoms with Crippen LogP contribution in [0.25, 0.3) is 0 Å². The maximum absolute atomic E-state index is 12.9. The number of rotatable bonds is 2. The van der Waals surface area contributed by atoms with Crippen molar-refractivity contribution in [1.29, 1.82) is 0 Å². The van der Waals surface area contributed by atoms with E-state index in [4.69, 9.17) is 0 Å². The average molecular weight is 232 g/mol. The third-order valence-corrected chi connectivity index (χ3v) is 2.51. The van der Waals surface area contributed by atoms with Crippen LogP contribution in [0.3, 0.4) is 0 Å². The molecule has 0 bridgehead atoms. The number of halogens is 3. The van der Waals surface area contributed by atoms with Crippen molar-refractivity contribution in [2.24, 2.45) is 0 Å². The van der Waals surface area contributed by atoms with Gasteiger partial charge in [-0.2, -0.15) is 13.2 Å². The third-order valence-electron chi connectivity index (χ3n) is 2.51. The van der Waals surface area contributed by atoms with Crippen LogP contribution in [-0.4, -0.2) is 19.3 Å². The molecule has 0 saturated carbocycles. The molecule has 0 aromatic heterocycles. The van der Waals surface area contributed by atoms with E-state index in [2.05, 4.69) is 4.74 Å². The summed E-state index contributed by atoms with van der Waals surface area (Å²) in [7, 11) is 0.940. The lowest BCUT2D eigenvalue weighted by Crippen LogP contribution is -2.47. The minimum atomic E-state index is -4.69. The Hall–Kier alpha value is -1.52. The van der Waals surface area contributed by atoms with Gasteiger partial charge in [-0.25, -0.2) is 0 Å². The third kappa shape index (κ3) is 1.89. The number of methoxy groups -OCH3 is 1. The molecule has 0 radical (unpaired) electrons. The van der Waals surface area contributed by atoms with Crippen molar-refractivity contribution in [1.82, 2.24) is 0 Å². The highest BCUT2D eigenvalue weighted by Gasteiger charge is 2.58. The number of hydrogen-bond acceptors (Lipinski definition) is 2. The van der Waals surface area contributed by atoms with Gasteiger partial charge in [0.15, 0.2) is 5.41 Å². The molecule has 5 heteroatoms. The van der Waals surface area contributed by atoms with E-state index in [1.54, 1.807) is 6.07 Å². The maximum Gasteiger partial charge on any atom is 0.408 e. The molecule has 0 N–H and O–H groups in total. The van der Waals surface area contributed by atoms with Crippen LogP contribution in [0.2, 0.25) is 0 Å². The van der Waals surface area contributed by atoms with Crippen molar-refractivity contribution in [2.45, 2.75) is 18.5 Å². The standard InChI is InChI=1S/C11H11F3O2/c1-10(9(15)16-2,11(12,13)14)8-6-4-3-5-7-8/h3-7H,1-2H3. The smallest absolute Gasteiger partial charge is 0.408 e. The fourth-order valence-electron chi connectivity index (χ4n) is 1.37. The molecule has 0 spiro atoms. The number of alkyl halides is 3. The van der Waals surface area contributed by atoms with E-state index in [1.807, 2.05) is 0 Å². The van der Waals surface area contributed by atoms with Gasteiger partial charge in [0.1, 0.15) is 0 Å². The average Bonchev–Trinajstić information content (AvgIpc) is 2.26. The molecule has 0 heterocycles. The monoisotopic (exact) mass is 232 g/mol. The zero-order valence-corrected chi connectivity index (χ0v) is 8.84. The first kappa shape index (κ1) is 12.5. The largest absolute Gasteiger partial charge is 0.468 e. The Morgan fingerprint density at radius 1 is 1.19 bits per heavy atom. The Labute approximate surface area is 91.0 Å². The summed E-state index contributed by atoms with van der Waals surface area (Å²) in [6.07, 6.45) is -4.69. The number of hydrogen-bond donors (Lipinski definition) is 0. The normalized spacial score (nSPS) is 15.3. The lowest BCUT2D eigenvalue weighted by atomic mass is 9.82. The van der Waals surface area contributed by atoms with Gasteiger partial charge in [0.05, 0.1) is 7.11 Å². The van der Waals surface area contributed by atoms with Gasteiger partial charge in [-0.3, -0.25) is 4.79 Å². The van der Waals surface area contributed by atoms with Crippen molar-refractivity contribution in [3.8, 4) is 0 Å². The second-order valence-electron chi connectivity index (χ2n) is 3.48. The van der Waals surface area contributed by atoms with Crippen molar-refractivity contribution < 1.29 is 22.7 Å². The van der Waals surface area contributed by atoms with Gasteiger partial charge in [0.2, 0.25) is 0 Å². The van der Waals surface area contributed by atoms with Crippen LogP contribution in [0, 0.1) is 0 Å². The molecule has 1 unspecified atom stereocenters. The Kier molecular flexibility index (Phi) is 3.26. The first-order valence-electron chi connectivity index (χ1n) is 4.54. The van der Waals surface area contributed by atoms with Gasteiger partial charge in [-0.15, -0.1) is 0 Å². The zero-order chi connectivity index (χ0) is 12.4. The molecule has 1 atom stereocenters. The predicted octanol–water partition coefficient (Wildman–Crippen LogP) is 2.68. The fraction of sp³-hybridized carbons (Fsp3) is 0.364. The van der Waals surface area contributed by atoms with Crippen LogP contribution in [0.15, 0.2) is 30.3 Å². The highest BCUT2D eigenvalue weighted by atomic mass is 19.4. The summed E-state index contributed by atoms with van der Waals surface area (Å²) in [6, 6.07) is 6.98. The van der Waals surface area contributed by atoms with E-state index in [-0.39, 0.29) is 5.56 Å². The lowest BCUT2D eigenvalue weighted by molar-refractivity contribution is -0.203. The Morgan fingerprint density at radius 2 is 1.69 bits per heavy atom. The summed E-state index contributed by atoms with van der Waals surface area (Å²) in [5, 5.41) is 0. The molecule has 0 fully saturated rings. The van der Waals surface area contributed by atoms with Crippen LogP contribution < -0.4 is 0 Å². The number of ether oxygens (including phenoxy) is 1. The minimum absolute atomic E-state index is 0.130. The molecule has 16 heavy (non-hydrogen) atoms. The van der Waals surface area contributed by atoms with Crippen molar-refractivity contribution in [3.63, 3.8) is 0 Å². The molecule has 0 aliphatic rings. The summed E-state index contributed by atoms with van der Waals surface area (Å²) >= 11 is 0. The molecule has 2 nitrogen and oxygen atoms in total. The van der Waals surface area contributed by atoms with Gasteiger partial charge < -0.3 is 4.74 Å². The number of benzene rings is 1. The Balaban J connectivity index is 3.32. The summed E-state index contributed by atoms with van der Waals surface area (Å²) in [4.78, 5) is 11.3. The summed E-state index contributed by atoms with van der Waals surface area (Å²) < 4.78 is 43.0. The molecule has 0 aliphatic heterocycles. The van der Waals surface area contributed by atoms with Gasteiger partial charge in [-0.05, 0) is 12.5 Å². The molecular formula is C11H11F3O2. The van der Waals surface area contributed by atoms with Crippen LogP contribution in [-0.2, 0) is 14.9 Å². The first-order valence-corrected chi connectivity index (χ1v) is 4.54. The summed E-state index contributed by atoms with van der Waals surface area (Å²) in [6.45, 7) is 0.814. The molecule has 1 rings (SSSR count). The fourth-order valence-corrected chi connectivity index (χ4v) is 1.37. The van der Waals surface area contributed by atoms with Crippen LogP contribution in [0.1, 0.15) is 12.5 Å². The van der Waals surface area contributed by atoms with Gasteiger partial charge in [0, 0.05) is 0 Å². The summed E-state index contributed by atoms with van der Waals surface area (Å²) in [5.74, 6) is -1.31. The lowest BCUT2D eigenvalue weighted by Gasteiger charge is -2.29. The Bertz CT molecular complexity index is 373. The zero-order valence-electron chi connectivity index (χ0n) is 8.84. The first-order chi connectivity index (χ1) is 7.34. The SMILES string of the molecule is COC(=O)C(C)(c1ccccc1)C(F)(F)F. The van der Waals surface area contributed by atoms with Crippen LogP contribution in [0.4, 0.5) is 13.2 Å². The van der Waals surface area contributed by atoms with E-state index >= 15 is 0 Å². The number of carbonyl (C=O) groups excluding carboxylic acids is 1. The van der Waals surface area contributed by atoms with E-state index in [0.29, 0.717) is 0 Å². The number of carbonyl (C=O) groups is 1. The molecule has 88 valence electrons. The molecule has 1 aromatic rings. The summed E-state index contributed by atoms with van der Waals surface area (Å²) in [5.41, 5.74) is -2.75. The Morgan fingerprint density at radius 3 is 2.06 bits per heavy atom. The van der Waals surface area contributed by atoms with Crippen molar-refractivity contribution in [3.05, 3.63) is 35.9 Å². The second kappa shape index (κ2) is 4.15. The topological polar surface area (TPSA) is 26.3 Å². The van der Waals surface area contributed by atoms with Crippen molar-refractivity contribution in [2.75, 3.05) is 7.11 Å². The van der Waals surface area contributed by atoms with Crippen molar-refractivity contribution >= 4 is 5.97 Å². The van der Waals surface area contributed by atoms with E-state index < -0.39 is 17.6 Å². The highest BCUT2D eigenvalue weighted by Crippen LogP contribution is 2.41. The van der Waals surface area contributed by atoms with Gasteiger partial charge in [0.25, 0.3) is 0 Å². The van der Waals surface area contributed by atoms with E-state index in [0.717, 1.165) is 14.0 Å². The second-order valence-corrected chi connectivity index (χ2v) is 3.48. The number of esters is 1. The minimum Gasteiger partial charge on any atom is -0.468 e. The molecule has 0 saturated heterocycles. The maximum atomic E-state index is 12.9. The van der Waals surface area contributed by atoms with E-state index in [1.165, 1.54) is 24.3 Å². The van der Waals surface area contributed by atoms with Crippen LogP contribution in [0.5, 0.6) is 0 Å². The highest BCUT2D eigenvalue weighted by molar-refractivity contribution is 5.83. The molecule has 1 aromatic carbocycles. The molecular weight excluding hydrogens is 221 g/mol. The molecule has 0 aliphatic carbocycles. The van der Waals surface area contributed by atoms with Gasteiger partial charge >= 0.3 is 12.1 Å². The van der Waals surface area contributed by atoms with E-state index in [9.17, 15) is 18.0 Å². The van der Waals surface area contributed by atoms with Gasteiger partial charge in [-0.1, -0.05) is 30.3 Å². The van der Waals surface area contributed by atoms with Crippen LogP contribution >= 0.6 is 0 Å². The quantitative estimate of drug-likeness (QED) is 0.733.